The minimum Gasteiger partial charge on any atom is -0.493 e. The second-order valence-corrected chi connectivity index (χ2v) is 10.2. The number of ether oxygens (including phenoxy) is 1. The Kier molecular flexibility index (Phi) is 7.42. The molecule has 0 atom stereocenters. The number of carbonyl (C=O) groups is 1. The van der Waals surface area contributed by atoms with Gasteiger partial charge >= 0.3 is 5.97 Å². The van der Waals surface area contributed by atoms with Gasteiger partial charge in [0.1, 0.15) is 16.3 Å². The van der Waals surface area contributed by atoms with Gasteiger partial charge in [0.15, 0.2) is 4.34 Å². The van der Waals surface area contributed by atoms with Gasteiger partial charge in [0.2, 0.25) is 0 Å². The van der Waals surface area contributed by atoms with Crippen LogP contribution in [0.5, 0.6) is 5.75 Å². The minimum absolute atomic E-state index is 0.256. The summed E-state index contributed by atoms with van der Waals surface area (Å²) in [5.74, 6) is -0.313. The fourth-order valence-electron chi connectivity index (χ4n) is 3.82. The van der Waals surface area contributed by atoms with E-state index >= 15 is 0 Å². The van der Waals surface area contributed by atoms with Crippen LogP contribution in [0.25, 0.3) is 11.1 Å². The highest BCUT2D eigenvalue weighted by Crippen LogP contribution is 2.45. The normalized spacial score (nSPS) is 15.3. The molecule has 0 bridgehead atoms. The van der Waals surface area contributed by atoms with Crippen LogP contribution >= 0.6 is 23.1 Å². The molecule has 0 spiro atoms. The van der Waals surface area contributed by atoms with Crippen molar-refractivity contribution >= 4 is 29.1 Å². The number of carbonyl (C=O) groups excluding carboxylic acids is 1. The number of rotatable bonds is 8. The van der Waals surface area contributed by atoms with Crippen molar-refractivity contribution < 1.29 is 23.4 Å². The average molecular weight is 476 g/mol. The number of aromatic nitrogens is 1. The molecular formula is C24H23F2NO3S2. The number of benzene rings is 2. The molecule has 32 heavy (non-hydrogen) atoms. The lowest BCUT2D eigenvalue weighted by Gasteiger charge is -2.31. The molecule has 3 aromatic rings. The lowest BCUT2D eigenvalue weighted by molar-refractivity contribution is -0.187. The molecule has 0 N–H and O–H groups in total. The molecule has 1 heterocycles. The number of hydrogen-bond acceptors (Lipinski definition) is 6. The average Bonchev–Trinajstić information content (AvgIpc) is 3.27. The summed E-state index contributed by atoms with van der Waals surface area (Å²) < 4.78 is 31.5. The SMILES string of the molecule is O=C(OF)C1(Sc2nc(CCOc3ccc(-c4ccc(F)cc4)cc3)cs2)CCCCC1. The van der Waals surface area contributed by atoms with Crippen molar-refractivity contribution in [1.82, 2.24) is 4.98 Å². The second-order valence-electron chi connectivity index (χ2n) is 7.76. The van der Waals surface area contributed by atoms with Crippen molar-refractivity contribution in [2.45, 2.75) is 47.6 Å². The summed E-state index contributed by atoms with van der Waals surface area (Å²) in [4.78, 5) is 20.3. The highest BCUT2D eigenvalue weighted by molar-refractivity contribution is 8.03. The molecule has 0 radical (unpaired) electrons. The molecule has 0 saturated heterocycles. The first-order valence-electron chi connectivity index (χ1n) is 10.5. The quantitative estimate of drug-likeness (QED) is 0.359. The van der Waals surface area contributed by atoms with Gasteiger partial charge in [-0.2, -0.15) is 0 Å². The topological polar surface area (TPSA) is 48.4 Å². The molecule has 4 nitrogen and oxygen atoms in total. The van der Waals surface area contributed by atoms with E-state index in [9.17, 15) is 13.7 Å². The van der Waals surface area contributed by atoms with Crippen LogP contribution in [0, 0.1) is 5.82 Å². The Morgan fingerprint density at radius 2 is 1.69 bits per heavy atom. The third kappa shape index (κ3) is 5.48. The Bertz CT molecular complexity index is 1030. The lowest BCUT2D eigenvalue weighted by atomic mass is 9.88. The van der Waals surface area contributed by atoms with Crippen LogP contribution in [0.2, 0.25) is 0 Å². The van der Waals surface area contributed by atoms with E-state index in [1.165, 1.54) is 35.2 Å². The molecule has 1 aliphatic carbocycles. The van der Waals surface area contributed by atoms with Gasteiger partial charge in [-0.1, -0.05) is 55.3 Å². The van der Waals surface area contributed by atoms with Gasteiger partial charge in [0, 0.05) is 16.3 Å². The van der Waals surface area contributed by atoms with Crippen molar-refractivity contribution in [2.24, 2.45) is 0 Å². The van der Waals surface area contributed by atoms with E-state index in [4.69, 9.17) is 4.74 Å². The molecule has 1 aromatic heterocycles. The van der Waals surface area contributed by atoms with E-state index in [1.807, 2.05) is 29.6 Å². The highest BCUT2D eigenvalue weighted by Gasteiger charge is 2.44. The van der Waals surface area contributed by atoms with Gasteiger partial charge in [-0.05, 0) is 48.2 Å². The summed E-state index contributed by atoms with van der Waals surface area (Å²) in [6.45, 7) is 0.460. The lowest BCUT2D eigenvalue weighted by Crippen LogP contribution is -2.37. The minimum atomic E-state index is -0.870. The van der Waals surface area contributed by atoms with Crippen molar-refractivity contribution in [3.63, 3.8) is 0 Å². The van der Waals surface area contributed by atoms with Crippen LogP contribution < -0.4 is 4.74 Å². The van der Waals surface area contributed by atoms with Crippen LogP contribution in [-0.2, 0) is 16.2 Å². The largest absolute Gasteiger partial charge is 0.493 e. The fraction of sp³-hybridized carbons (Fsp3) is 0.333. The number of thioether (sulfide) groups is 1. The van der Waals surface area contributed by atoms with Gasteiger partial charge < -0.3 is 4.74 Å². The molecule has 1 aliphatic rings. The Balaban J connectivity index is 1.30. The summed E-state index contributed by atoms with van der Waals surface area (Å²) in [6.07, 6.45) is 4.64. The molecule has 168 valence electrons. The maximum Gasteiger partial charge on any atom is 0.365 e. The first-order chi connectivity index (χ1) is 15.6. The van der Waals surface area contributed by atoms with Crippen LogP contribution in [0.4, 0.5) is 8.92 Å². The molecule has 1 fully saturated rings. The summed E-state index contributed by atoms with van der Waals surface area (Å²) in [5.41, 5.74) is 2.81. The Morgan fingerprint density at radius 3 is 2.34 bits per heavy atom. The van der Waals surface area contributed by atoms with Gasteiger partial charge in [-0.15, -0.1) is 11.3 Å². The maximum absolute atomic E-state index is 13.1. The second kappa shape index (κ2) is 10.4. The first kappa shape index (κ1) is 22.7. The zero-order valence-corrected chi connectivity index (χ0v) is 19.0. The molecule has 0 amide bonds. The Hall–Kier alpha value is -2.45. The van der Waals surface area contributed by atoms with E-state index in [1.54, 1.807) is 12.1 Å². The number of hydrogen-bond donors (Lipinski definition) is 0. The first-order valence-corrected chi connectivity index (χ1v) is 12.2. The summed E-state index contributed by atoms with van der Waals surface area (Å²) >= 11 is 2.78. The van der Waals surface area contributed by atoms with Crippen molar-refractivity contribution in [3.05, 3.63) is 65.4 Å². The zero-order chi connectivity index (χ0) is 22.4. The molecule has 0 aliphatic heterocycles. The van der Waals surface area contributed by atoms with Gasteiger partial charge in [-0.25, -0.2) is 14.2 Å². The van der Waals surface area contributed by atoms with Crippen LogP contribution in [0.15, 0.2) is 58.3 Å². The van der Waals surface area contributed by atoms with Crippen LogP contribution in [0.1, 0.15) is 37.8 Å². The van der Waals surface area contributed by atoms with Gasteiger partial charge in [0.05, 0.1) is 12.3 Å². The molecular weight excluding hydrogens is 452 g/mol. The third-order valence-electron chi connectivity index (χ3n) is 5.58. The zero-order valence-electron chi connectivity index (χ0n) is 17.4. The van der Waals surface area contributed by atoms with Crippen molar-refractivity contribution in [2.75, 3.05) is 6.61 Å². The Morgan fingerprint density at radius 1 is 1.03 bits per heavy atom. The van der Waals surface area contributed by atoms with Crippen molar-refractivity contribution in [3.8, 4) is 16.9 Å². The number of thiazole rings is 1. The summed E-state index contributed by atoms with van der Waals surface area (Å²) in [6, 6.07) is 14.0. The smallest absolute Gasteiger partial charge is 0.365 e. The van der Waals surface area contributed by atoms with Crippen LogP contribution in [0.3, 0.4) is 0 Å². The van der Waals surface area contributed by atoms with E-state index in [2.05, 4.69) is 9.93 Å². The molecule has 4 rings (SSSR count). The van der Waals surface area contributed by atoms with Crippen LogP contribution in [-0.4, -0.2) is 22.3 Å². The highest BCUT2D eigenvalue weighted by atomic mass is 32.2. The van der Waals surface area contributed by atoms with E-state index in [0.29, 0.717) is 25.9 Å². The van der Waals surface area contributed by atoms with Gasteiger partial charge in [-0.3, -0.25) is 4.94 Å². The fourth-order valence-corrected chi connectivity index (χ4v) is 6.32. The predicted molar refractivity (Wildman–Crippen MR) is 122 cm³/mol. The third-order valence-corrected chi connectivity index (χ3v) is 8.03. The Labute approximate surface area is 193 Å². The van der Waals surface area contributed by atoms with E-state index < -0.39 is 10.7 Å². The predicted octanol–water partition coefficient (Wildman–Crippen LogP) is 6.79. The standard InChI is InChI=1S/C24H23F2NO3S2/c25-19-8-4-17(5-9-19)18-6-10-21(11-7-18)29-15-12-20-16-31-23(27-20)32-24(22(28)30-26)13-2-1-3-14-24/h4-11,16H,1-3,12-15H2. The summed E-state index contributed by atoms with van der Waals surface area (Å²) in [5, 5.41) is 1.95. The maximum atomic E-state index is 13.1. The van der Waals surface area contributed by atoms with Crippen molar-refractivity contribution in [1.29, 1.82) is 0 Å². The molecule has 0 unspecified atom stereocenters. The van der Waals surface area contributed by atoms with E-state index in [0.717, 1.165) is 46.2 Å². The molecule has 1 saturated carbocycles. The number of nitrogens with zero attached hydrogens (tertiary/aromatic N) is 1. The van der Waals surface area contributed by atoms with E-state index in [-0.39, 0.29) is 5.82 Å². The molecule has 8 heteroatoms. The molecule has 2 aromatic carbocycles. The summed E-state index contributed by atoms with van der Waals surface area (Å²) in [7, 11) is 0. The van der Waals surface area contributed by atoms with Gasteiger partial charge in [0.25, 0.3) is 0 Å². The number of halogens is 2. The monoisotopic (exact) mass is 475 g/mol.